The highest BCUT2D eigenvalue weighted by atomic mass is 19.1. The molecule has 0 atom stereocenters. The van der Waals surface area contributed by atoms with Gasteiger partial charge in [0.25, 0.3) is 5.82 Å². The summed E-state index contributed by atoms with van der Waals surface area (Å²) >= 11 is 0. The number of nitrogen functional groups attached to an aromatic ring is 1. The molecule has 2 aromatic rings. The van der Waals surface area contributed by atoms with E-state index in [0.717, 1.165) is 4.68 Å². The molecule has 1 aromatic heterocycles. The number of rotatable bonds is 3. The number of methoxy groups -OCH3 is 1. The number of aromatic amines is 1. The minimum Gasteiger partial charge on any atom is -0.497 e. The van der Waals surface area contributed by atoms with Crippen LogP contribution >= 0.6 is 0 Å². The normalized spacial score (nSPS) is 10.3. The number of aromatic carboxylic acids is 1. The number of carboxylic acid groups (broad SMARTS) is 1. The molecule has 0 bridgehead atoms. The third kappa shape index (κ3) is 1.83. The Morgan fingerprint density at radius 3 is 2.89 bits per heavy atom. The number of nitrogens with two attached hydrogens (primary N) is 1. The fourth-order valence-electron chi connectivity index (χ4n) is 1.45. The van der Waals surface area contributed by atoms with Gasteiger partial charge >= 0.3 is 11.7 Å². The van der Waals surface area contributed by atoms with Crippen LogP contribution in [-0.2, 0) is 0 Å². The molecular formula is C10H10FN4O3+. The predicted molar refractivity (Wildman–Crippen MR) is 58.0 cm³/mol. The average Bonchev–Trinajstić information content (AvgIpc) is 2.72. The van der Waals surface area contributed by atoms with Gasteiger partial charge in [-0.05, 0) is 17.2 Å². The Morgan fingerprint density at radius 2 is 2.33 bits per heavy atom. The highest BCUT2D eigenvalue weighted by Crippen LogP contribution is 2.17. The van der Waals surface area contributed by atoms with Gasteiger partial charge < -0.3 is 15.6 Å². The van der Waals surface area contributed by atoms with Crippen LogP contribution in [0.5, 0.6) is 5.75 Å². The Bertz CT molecular complexity index is 611. The van der Waals surface area contributed by atoms with Crippen LogP contribution in [0.2, 0.25) is 0 Å². The van der Waals surface area contributed by atoms with Crippen LogP contribution in [0.4, 0.5) is 10.2 Å². The number of hydrogen-bond donors (Lipinski definition) is 3. The molecule has 7 nitrogen and oxygen atoms in total. The van der Waals surface area contributed by atoms with Gasteiger partial charge in [0.05, 0.1) is 7.11 Å². The molecule has 2 rings (SSSR count). The number of anilines is 1. The molecule has 0 aliphatic rings. The largest absolute Gasteiger partial charge is 0.497 e. The molecule has 0 unspecified atom stereocenters. The molecule has 0 saturated carbocycles. The minimum absolute atomic E-state index is 0.0202. The summed E-state index contributed by atoms with van der Waals surface area (Å²) in [5.41, 5.74) is 5.22. The van der Waals surface area contributed by atoms with Crippen molar-refractivity contribution >= 4 is 11.8 Å². The van der Waals surface area contributed by atoms with Gasteiger partial charge in [0.15, 0.2) is 11.5 Å². The van der Waals surface area contributed by atoms with Crippen LogP contribution < -0.4 is 15.2 Å². The maximum absolute atomic E-state index is 13.7. The lowest BCUT2D eigenvalue weighted by atomic mass is 10.3. The van der Waals surface area contributed by atoms with Gasteiger partial charge in [-0.15, -0.1) is 9.90 Å². The van der Waals surface area contributed by atoms with Crippen molar-refractivity contribution in [3.63, 3.8) is 0 Å². The van der Waals surface area contributed by atoms with Crippen molar-refractivity contribution in [1.82, 2.24) is 10.3 Å². The number of ether oxygens (including phenoxy) is 1. The maximum atomic E-state index is 13.7. The molecule has 94 valence electrons. The highest BCUT2D eigenvalue weighted by Gasteiger charge is 2.26. The van der Waals surface area contributed by atoms with Gasteiger partial charge in [-0.2, -0.15) is 0 Å². The fourth-order valence-corrected chi connectivity index (χ4v) is 1.45. The van der Waals surface area contributed by atoms with Crippen molar-refractivity contribution in [3.8, 4) is 11.4 Å². The van der Waals surface area contributed by atoms with E-state index in [4.69, 9.17) is 15.6 Å². The van der Waals surface area contributed by atoms with E-state index in [1.807, 2.05) is 0 Å². The van der Waals surface area contributed by atoms with Crippen molar-refractivity contribution in [1.29, 1.82) is 0 Å². The third-order valence-corrected chi connectivity index (χ3v) is 2.34. The second kappa shape index (κ2) is 4.32. The molecular weight excluding hydrogens is 243 g/mol. The first-order chi connectivity index (χ1) is 8.54. The molecule has 0 amide bonds. The number of benzene rings is 1. The third-order valence-electron chi connectivity index (χ3n) is 2.34. The van der Waals surface area contributed by atoms with Crippen LogP contribution in [0, 0.1) is 5.82 Å². The minimum atomic E-state index is -1.30. The Hall–Kier alpha value is -2.64. The topological polar surface area (TPSA) is 105 Å². The summed E-state index contributed by atoms with van der Waals surface area (Å²) in [6.07, 6.45) is 0. The van der Waals surface area contributed by atoms with E-state index < -0.39 is 11.8 Å². The quantitative estimate of drug-likeness (QED) is 0.673. The molecule has 0 saturated heterocycles. The Morgan fingerprint density at radius 1 is 1.61 bits per heavy atom. The molecule has 0 aliphatic carbocycles. The molecule has 1 aromatic carbocycles. The Balaban J connectivity index is 2.58. The summed E-state index contributed by atoms with van der Waals surface area (Å²) in [5, 5.41) is 14.6. The summed E-state index contributed by atoms with van der Waals surface area (Å²) < 4.78 is 19.6. The van der Waals surface area contributed by atoms with E-state index in [2.05, 4.69) is 10.3 Å². The molecule has 8 heteroatoms. The summed E-state index contributed by atoms with van der Waals surface area (Å²) in [6, 6.07) is 3.99. The number of nitrogens with one attached hydrogen (secondary N) is 1. The van der Waals surface area contributed by atoms with Gasteiger partial charge in [-0.1, -0.05) is 0 Å². The van der Waals surface area contributed by atoms with Crippen LogP contribution in [0.25, 0.3) is 5.69 Å². The van der Waals surface area contributed by atoms with E-state index in [-0.39, 0.29) is 17.2 Å². The number of carbonyl (C=O) groups is 1. The van der Waals surface area contributed by atoms with E-state index in [1.54, 1.807) is 0 Å². The SMILES string of the molecule is COc1ccc(F)c(-[n+]2[nH]nc(C(=O)O)c2N)c1. The van der Waals surface area contributed by atoms with E-state index >= 15 is 0 Å². The molecule has 4 N–H and O–H groups in total. The average molecular weight is 253 g/mol. The monoisotopic (exact) mass is 253 g/mol. The summed E-state index contributed by atoms with van der Waals surface area (Å²) in [7, 11) is 1.43. The van der Waals surface area contributed by atoms with Crippen LogP contribution in [0.15, 0.2) is 18.2 Å². The van der Waals surface area contributed by atoms with Gasteiger partial charge in [0, 0.05) is 6.07 Å². The Labute approximate surface area is 101 Å². The van der Waals surface area contributed by atoms with Gasteiger partial charge in [0.1, 0.15) is 5.75 Å². The lowest BCUT2D eigenvalue weighted by Gasteiger charge is -2.03. The number of halogens is 1. The summed E-state index contributed by atoms with van der Waals surface area (Å²) in [4.78, 5) is 10.8. The first kappa shape index (κ1) is 11.8. The second-order valence-electron chi connectivity index (χ2n) is 3.40. The number of nitrogens with zero attached hydrogens (tertiary/aromatic N) is 2. The van der Waals surface area contributed by atoms with Crippen LogP contribution in [-0.4, -0.2) is 28.5 Å². The lowest BCUT2D eigenvalue weighted by molar-refractivity contribution is -0.647. The first-order valence-corrected chi connectivity index (χ1v) is 4.87. The Kier molecular flexibility index (Phi) is 2.84. The molecule has 18 heavy (non-hydrogen) atoms. The van der Waals surface area contributed by atoms with Crippen LogP contribution in [0.3, 0.4) is 0 Å². The number of carboxylic acids is 1. The number of H-pyrrole nitrogens is 1. The zero-order chi connectivity index (χ0) is 13.3. The van der Waals surface area contributed by atoms with Crippen molar-refractivity contribution in [2.45, 2.75) is 0 Å². The molecule has 0 aliphatic heterocycles. The smallest absolute Gasteiger partial charge is 0.381 e. The van der Waals surface area contributed by atoms with Crippen molar-refractivity contribution in [2.75, 3.05) is 12.8 Å². The summed E-state index contributed by atoms with van der Waals surface area (Å²) in [5.74, 6) is -1.68. The summed E-state index contributed by atoms with van der Waals surface area (Å²) in [6.45, 7) is 0. The fraction of sp³-hybridized carbons (Fsp3) is 0.100. The molecule has 0 spiro atoms. The lowest BCUT2D eigenvalue weighted by Crippen LogP contribution is -2.37. The van der Waals surface area contributed by atoms with Crippen molar-refractivity contribution in [2.24, 2.45) is 0 Å². The van der Waals surface area contributed by atoms with Crippen molar-refractivity contribution < 1.29 is 23.7 Å². The molecule has 0 fully saturated rings. The van der Waals surface area contributed by atoms with E-state index in [1.165, 1.54) is 25.3 Å². The van der Waals surface area contributed by atoms with Gasteiger partial charge in [-0.25, -0.2) is 9.18 Å². The number of aromatic nitrogens is 3. The number of hydrogen-bond acceptors (Lipinski definition) is 4. The van der Waals surface area contributed by atoms with E-state index in [0.29, 0.717) is 5.75 Å². The standard InChI is InChI=1S/C10H9FN4O3/c1-18-5-2-3-6(11)7(4-5)15-9(12)8(10(16)17)13-14-15/h2-4H,1H3,(H3,12,14,16,17)/p+1. The molecule has 0 radical (unpaired) electrons. The highest BCUT2D eigenvalue weighted by molar-refractivity contribution is 5.89. The van der Waals surface area contributed by atoms with Gasteiger partial charge in [-0.3, -0.25) is 0 Å². The zero-order valence-electron chi connectivity index (χ0n) is 9.35. The molecule has 1 heterocycles. The maximum Gasteiger partial charge on any atom is 0.381 e. The second-order valence-corrected chi connectivity index (χ2v) is 3.40. The predicted octanol–water partition coefficient (Wildman–Crippen LogP) is 0.114. The first-order valence-electron chi connectivity index (χ1n) is 4.87. The van der Waals surface area contributed by atoms with Gasteiger partial charge in [0.2, 0.25) is 0 Å². The van der Waals surface area contributed by atoms with Crippen LogP contribution in [0.1, 0.15) is 10.5 Å². The zero-order valence-corrected chi connectivity index (χ0v) is 9.35. The van der Waals surface area contributed by atoms with Crippen molar-refractivity contribution in [3.05, 3.63) is 29.7 Å². The van der Waals surface area contributed by atoms with E-state index in [9.17, 15) is 9.18 Å².